The van der Waals surface area contributed by atoms with E-state index in [1.807, 2.05) is 24.5 Å². The molecule has 0 radical (unpaired) electrons. The van der Waals surface area contributed by atoms with Gasteiger partial charge in [0, 0.05) is 28.5 Å². The maximum absolute atomic E-state index is 13.1. The van der Waals surface area contributed by atoms with Crippen molar-refractivity contribution in [3.63, 3.8) is 0 Å². The Labute approximate surface area is 219 Å². The van der Waals surface area contributed by atoms with Crippen LogP contribution in [0.25, 0.3) is 11.8 Å². The number of aromatic nitrogens is 1. The van der Waals surface area contributed by atoms with E-state index in [1.165, 1.54) is 12.1 Å². The molecule has 2 aromatic carbocycles. The lowest BCUT2D eigenvalue weighted by Crippen LogP contribution is -2.27. The van der Waals surface area contributed by atoms with Crippen molar-refractivity contribution < 1.29 is 24.0 Å². The quantitative estimate of drug-likeness (QED) is 0.211. The first kappa shape index (κ1) is 24.2. The lowest BCUT2D eigenvalue weighted by Gasteiger charge is -2.14. The van der Waals surface area contributed by atoms with Gasteiger partial charge in [0.2, 0.25) is 6.79 Å². The Hall–Kier alpha value is -3.47. The molecule has 3 heterocycles. The monoisotopic (exact) mass is 545 g/mol. The molecule has 0 spiro atoms. The van der Waals surface area contributed by atoms with Crippen LogP contribution in [0.4, 0.5) is 10.5 Å². The highest BCUT2D eigenvalue weighted by molar-refractivity contribution is 8.18. The molecule has 2 aliphatic heterocycles. The summed E-state index contributed by atoms with van der Waals surface area (Å²) in [6.07, 6.45) is 1.65. The van der Waals surface area contributed by atoms with Crippen LogP contribution in [0.2, 0.25) is 10.0 Å². The Morgan fingerprint density at radius 3 is 2.53 bits per heavy atom. The predicted octanol–water partition coefficient (Wildman–Crippen LogP) is 6.27. The van der Waals surface area contributed by atoms with Gasteiger partial charge in [-0.15, -0.1) is 0 Å². The molecule has 0 atom stereocenters. The van der Waals surface area contributed by atoms with Crippen LogP contribution in [0, 0.1) is 24.0 Å². The molecular formula is C24H17Cl2N3O6S. The van der Waals surface area contributed by atoms with Gasteiger partial charge in [-0.05, 0) is 67.1 Å². The molecule has 9 nitrogen and oxygen atoms in total. The molecule has 0 unspecified atom stereocenters. The minimum Gasteiger partial charge on any atom is -0.454 e. The van der Waals surface area contributed by atoms with Crippen LogP contribution >= 0.6 is 35.0 Å². The summed E-state index contributed by atoms with van der Waals surface area (Å²) in [5.41, 5.74) is 3.16. The minimum absolute atomic E-state index is 0.00898. The van der Waals surface area contributed by atoms with Crippen LogP contribution in [-0.2, 0) is 11.3 Å². The zero-order valence-electron chi connectivity index (χ0n) is 18.9. The highest BCUT2D eigenvalue weighted by Crippen LogP contribution is 2.40. The number of nitro benzene ring substituents is 1. The minimum atomic E-state index is -0.538. The molecule has 3 aromatic rings. The Morgan fingerprint density at radius 2 is 1.81 bits per heavy atom. The number of fused-ring (bicyclic) bond motifs is 1. The molecule has 0 saturated carbocycles. The Morgan fingerprint density at radius 1 is 1.08 bits per heavy atom. The van der Waals surface area contributed by atoms with Gasteiger partial charge in [-0.3, -0.25) is 24.6 Å². The molecular weight excluding hydrogens is 529 g/mol. The van der Waals surface area contributed by atoms with Crippen molar-refractivity contribution in [2.45, 2.75) is 20.4 Å². The molecule has 12 heteroatoms. The van der Waals surface area contributed by atoms with Crippen LogP contribution in [0.5, 0.6) is 11.5 Å². The molecule has 0 N–H and O–H groups in total. The summed E-state index contributed by atoms with van der Waals surface area (Å²) in [7, 11) is 0. The lowest BCUT2D eigenvalue weighted by molar-refractivity contribution is -0.384. The average molecular weight is 546 g/mol. The standard InChI is InChI=1S/C24H17Cl2N3O6S/c1-12-5-14(13(2)28(12)16-3-4-17(25)19(8-16)29(32)33)7-22-23(30)27(24(31)36-22)10-15-6-20-21(9-18(15)26)35-11-34-20/h3-9H,10-11H2,1-2H3/b22-7-. The molecule has 2 aliphatic rings. The van der Waals surface area contributed by atoms with Crippen LogP contribution < -0.4 is 9.47 Å². The number of benzene rings is 2. The Bertz CT molecular complexity index is 1500. The van der Waals surface area contributed by atoms with E-state index in [9.17, 15) is 19.7 Å². The summed E-state index contributed by atoms with van der Waals surface area (Å²) in [5.74, 6) is 0.580. The number of aryl methyl sites for hydroxylation is 1. The zero-order valence-corrected chi connectivity index (χ0v) is 21.2. The summed E-state index contributed by atoms with van der Waals surface area (Å²) in [4.78, 5) is 38.0. The number of nitro groups is 1. The van der Waals surface area contributed by atoms with Crippen molar-refractivity contribution in [3.8, 4) is 17.2 Å². The molecule has 5 rings (SSSR count). The first-order chi connectivity index (χ1) is 17.1. The highest BCUT2D eigenvalue weighted by atomic mass is 35.5. The third-order valence-electron chi connectivity index (χ3n) is 5.89. The van der Waals surface area contributed by atoms with Crippen LogP contribution in [-0.4, -0.2) is 32.3 Å². The lowest BCUT2D eigenvalue weighted by atomic mass is 10.2. The Kier molecular flexibility index (Phi) is 6.19. The highest BCUT2D eigenvalue weighted by Gasteiger charge is 2.36. The second-order valence-electron chi connectivity index (χ2n) is 8.12. The van der Waals surface area contributed by atoms with Gasteiger partial charge in [-0.25, -0.2) is 0 Å². The van der Waals surface area contributed by atoms with Gasteiger partial charge in [0.05, 0.1) is 22.1 Å². The molecule has 1 fully saturated rings. The fourth-order valence-corrected chi connectivity index (χ4v) is 5.37. The number of ether oxygens (including phenoxy) is 2. The second kappa shape index (κ2) is 9.20. The molecule has 184 valence electrons. The van der Waals surface area contributed by atoms with E-state index in [-0.39, 0.29) is 29.0 Å². The number of thioether (sulfide) groups is 1. The number of carbonyl (C=O) groups excluding carboxylic acids is 2. The summed E-state index contributed by atoms with van der Waals surface area (Å²) < 4.78 is 12.5. The molecule has 0 bridgehead atoms. The van der Waals surface area contributed by atoms with Crippen molar-refractivity contribution in [1.82, 2.24) is 9.47 Å². The van der Waals surface area contributed by atoms with Gasteiger partial charge in [0.1, 0.15) is 5.02 Å². The molecule has 1 aromatic heterocycles. The van der Waals surface area contributed by atoms with E-state index in [0.717, 1.165) is 28.0 Å². The van der Waals surface area contributed by atoms with E-state index < -0.39 is 16.1 Å². The number of rotatable bonds is 5. The summed E-state index contributed by atoms with van der Waals surface area (Å²) in [6.45, 7) is 3.75. The third kappa shape index (κ3) is 4.21. The number of imide groups is 1. The molecule has 0 aliphatic carbocycles. The average Bonchev–Trinajstić information content (AvgIpc) is 3.46. The van der Waals surface area contributed by atoms with E-state index in [1.54, 1.807) is 24.3 Å². The smallest absolute Gasteiger partial charge is 0.293 e. The van der Waals surface area contributed by atoms with Gasteiger partial charge >= 0.3 is 0 Å². The van der Waals surface area contributed by atoms with Gasteiger partial charge < -0.3 is 14.0 Å². The van der Waals surface area contributed by atoms with Gasteiger partial charge in [0.25, 0.3) is 16.8 Å². The third-order valence-corrected chi connectivity index (χ3v) is 7.46. The Balaban J connectivity index is 1.44. The summed E-state index contributed by atoms with van der Waals surface area (Å²) >= 11 is 13.1. The summed E-state index contributed by atoms with van der Waals surface area (Å²) in [6, 6.07) is 9.66. The van der Waals surface area contributed by atoms with Crippen molar-refractivity contribution in [3.05, 3.63) is 84.0 Å². The fraction of sp³-hybridized carbons (Fsp3) is 0.167. The van der Waals surface area contributed by atoms with Gasteiger partial charge in [-0.1, -0.05) is 23.2 Å². The number of nitrogens with zero attached hydrogens (tertiary/aromatic N) is 3. The largest absolute Gasteiger partial charge is 0.454 e. The predicted molar refractivity (Wildman–Crippen MR) is 136 cm³/mol. The SMILES string of the molecule is Cc1cc(/C=C2\SC(=O)N(Cc3cc4c(cc3Cl)OCO4)C2=O)c(C)n1-c1ccc(Cl)c([N+](=O)[O-])c1. The molecule has 1 saturated heterocycles. The first-order valence-electron chi connectivity index (χ1n) is 10.6. The number of halogens is 2. The number of hydrogen-bond donors (Lipinski definition) is 0. The van der Waals surface area contributed by atoms with Crippen molar-refractivity contribution in [1.29, 1.82) is 0 Å². The molecule has 2 amide bonds. The number of amides is 2. The maximum atomic E-state index is 13.1. The fourth-order valence-electron chi connectivity index (χ4n) is 4.14. The normalized spacial score (nSPS) is 15.9. The zero-order chi connectivity index (χ0) is 25.7. The van der Waals surface area contributed by atoms with Crippen molar-refractivity contribution >= 4 is 57.9 Å². The van der Waals surface area contributed by atoms with Crippen molar-refractivity contribution in [2.24, 2.45) is 0 Å². The maximum Gasteiger partial charge on any atom is 0.293 e. The second-order valence-corrected chi connectivity index (χ2v) is 9.93. The van der Waals surface area contributed by atoms with Gasteiger partial charge in [-0.2, -0.15) is 0 Å². The van der Waals surface area contributed by atoms with Gasteiger partial charge in [0.15, 0.2) is 11.5 Å². The number of carbonyl (C=O) groups is 2. The van der Waals surface area contributed by atoms with Crippen LogP contribution in [0.15, 0.2) is 41.3 Å². The van der Waals surface area contributed by atoms with E-state index >= 15 is 0 Å². The summed E-state index contributed by atoms with van der Waals surface area (Å²) in [5, 5.41) is 11.3. The molecule has 36 heavy (non-hydrogen) atoms. The topological polar surface area (TPSA) is 104 Å². The van der Waals surface area contributed by atoms with Crippen LogP contribution in [0.3, 0.4) is 0 Å². The van der Waals surface area contributed by atoms with E-state index in [0.29, 0.717) is 33.3 Å². The van der Waals surface area contributed by atoms with Crippen molar-refractivity contribution in [2.75, 3.05) is 6.79 Å². The van der Waals surface area contributed by atoms with Crippen LogP contribution in [0.1, 0.15) is 22.5 Å². The van der Waals surface area contributed by atoms with E-state index in [4.69, 9.17) is 32.7 Å². The first-order valence-corrected chi connectivity index (χ1v) is 12.2. The van der Waals surface area contributed by atoms with E-state index in [2.05, 4.69) is 0 Å². The number of hydrogen-bond acceptors (Lipinski definition) is 7.